The minimum absolute atomic E-state index is 0.0387. The fourth-order valence-electron chi connectivity index (χ4n) is 4.75. The zero-order valence-electron chi connectivity index (χ0n) is 23.5. The first-order chi connectivity index (χ1) is 19.3. The number of hydrogen-bond donors (Lipinski definition) is 4. The molecule has 13 heteroatoms. The zero-order valence-corrected chi connectivity index (χ0v) is 25.1. The van der Waals surface area contributed by atoms with Gasteiger partial charge >= 0.3 is 12.1 Å². The molecule has 1 aliphatic carbocycles. The monoisotopic (exact) mass is 600 g/mol. The first-order valence-corrected chi connectivity index (χ1v) is 15.7. The summed E-state index contributed by atoms with van der Waals surface area (Å²) < 4.78 is 35.0. The van der Waals surface area contributed by atoms with E-state index in [0.29, 0.717) is 34.7 Å². The Morgan fingerprint density at radius 3 is 2.46 bits per heavy atom. The number of sulfonamides is 1. The molecule has 0 aliphatic heterocycles. The van der Waals surface area contributed by atoms with Crippen LogP contribution in [-0.2, 0) is 14.8 Å². The second-order valence-corrected chi connectivity index (χ2v) is 13.8. The molecule has 4 rings (SSSR count). The number of benzene rings is 1. The van der Waals surface area contributed by atoms with Crippen LogP contribution in [0.3, 0.4) is 0 Å². The summed E-state index contributed by atoms with van der Waals surface area (Å²) in [6.45, 7) is 7.11. The van der Waals surface area contributed by atoms with Crippen LogP contribution in [0.1, 0.15) is 76.0 Å². The molecular formula is C28H36N6O5S2. The molecule has 2 heterocycles. The SMILES string of the molecule is C[C@H](NC(=O)Nc1ccc(-c2cnc(C3CCC(OC(N)=O)CC3)s2)c(S(=O)(=O)NC(C)(C)C)c1)c1ccccn1. The van der Waals surface area contributed by atoms with Crippen LogP contribution in [0.2, 0.25) is 0 Å². The maximum atomic E-state index is 13.6. The van der Waals surface area contributed by atoms with Crippen LogP contribution in [0, 0.1) is 0 Å². The normalized spacial score (nSPS) is 18.3. The molecule has 2 aromatic heterocycles. The van der Waals surface area contributed by atoms with Gasteiger partial charge in [-0.05, 0) is 77.6 Å². The maximum absolute atomic E-state index is 13.6. The van der Waals surface area contributed by atoms with Gasteiger partial charge in [0.1, 0.15) is 6.10 Å². The lowest BCUT2D eigenvalue weighted by molar-refractivity contribution is 0.0787. The van der Waals surface area contributed by atoms with Gasteiger partial charge in [-0.3, -0.25) is 4.98 Å². The summed E-state index contributed by atoms with van der Waals surface area (Å²) in [7, 11) is -3.97. The van der Waals surface area contributed by atoms with Crippen LogP contribution in [0.15, 0.2) is 53.7 Å². The Morgan fingerprint density at radius 2 is 1.83 bits per heavy atom. The van der Waals surface area contributed by atoms with Crippen molar-refractivity contribution in [1.82, 2.24) is 20.0 Å². The predicted octanol–water partition coefficient (Wildman–Crippen LogP) is 5.29. The van der Waals surface area contributed by atoms with Gasteiger partial charge in [0.05, 0.1) is 26.5 Å². The van der Waals surface area contributed by atoms with Crippen LogP contribution < -0.4 is 21.1 Å². The number of anilines is 1. The molecule has 11 nitrogen and oxygen atoms in total. The van der Waals surface area contributed by atoms with Crippen molar-refractivity contribution in [2.75, 3.05) is 5.32 Å². The molecule has 0 saturated heterocycles. The summed E-state index contributed by atoms with van der Waals surface area (Å²) in [6.07, 6.45) is 5.35. The molecule has 0 spiro atoms. The highest BCUT2D eigenvalue weighted by Gasteiger charge is 2.29. The number of thiazole rings is 1. The van der Waals surface area contributed by atoms with Crippen LogP contribution in [0.25, 0.3) is 10.4 Å². The molecule has 1 atom stereocenters. The van der Waals surface area contributed by atoms with E-state index in [1.807, 2.05) is 19.1 Å². The van der Waals surface area contributed by atoms with Crippen molar-refractivity contribution >= 4 is 39.2 Å². The first-order valence-electron chi connectivity index (χ1n) is 13.4. The van der Waals surface area contributed by atoms with Gasteiger partial charge in [0, 0.05) is 35.1 Å². The number of nitrogens with zero attached hydrogens (tertiary/aromatic N) is 2. The minimum Gasteiger partial charge on any atom is -0.446 e. The maximum Gasteiger partial charge on any atom is 0.404 e. The van der Waals surface area contributed by atoms with Crippen molar-refractivity contribution in [3.8, 4) is 10.4 Å². The molecule has 3 aromatic rings. The summed E-state index contributed by atoms with van der Waals surface area (Å²) >= 11 is 1.44. The van der Waals surface area contributed by atoms with Crippen molar-refractivity contribution in [3.63, 3.8) is 0 Å². The number of amides is 3. The van der Waals surface area contributed by atoms with Gasteiger partial charge in [0.25, 0.3) is 0 Å². The van der Waals surface area contributed by atoms with E-state index in [0.717, 1.165) is 17.8 Å². The van der Waals surface area contributed by atoms with E-state index in [-0.39, 0.29) is 23.0 Å². The number of rotatable bonds is 8. The summed E-state index contributed by atoms with van der Waals surface area (Å²) in [5, 5.41) is 6.46. The number of nitrogens with one attached hydrogen (secondary N) is 3. The van der Waals surface area contributed by atoms with E-state index < -0.39 is 27.7 Å². The van der Waals surface area contributed by atoms with E-state index in [4.69, 9.17) is 10.5 Å². The highest BCUT2D eigenvalue weighted by molar-refractivity contribution is 7.89. The summed E-state index contributed by atoms with van der Waals surface area (Å²) in [5.41, 5.74) is 5.94. The molecule has 1 fully saturated rings. The van der Waals surface area contributed by atoms with Gasteiger partial charge in [0.15, 0.2) is 0 Å². The highest BCUT2D eigenvalue weighted by Crippen LogP contribution is 2.40. The van der Waals surface area contributed by atoms with Crippen molar-refractivity contribution < 1.29 is 22.7 Å². The second-order valence-electron chi connectivity index (χ2n) is 11.1. The number of urea groups is 1. The van der Waals surface area contributed by atoms with Gasteiger partial charge in [-0.25, -0.2) is 27.7 Å². The summed E-state index contributed by atoms with van der Waals surface area (Å²) in [6, 6.07) is 9.42. The molecule has 41 heavy (non-hydrogen) atoms. The molecule has 0 bridgehead atoms. The quantitative estimate of drug-likeness (QED) is 0.273. The van der Waals surface area contributed by atoms with E-state index in [1.54, 1.807) is 51.4 Å². The van der Waals surface area contributed by atoms with Crippen LogP contribution in [0.5, 0.6) is 0 Å². The van der Waals surface area contributed by atoms with Crippen LogP contribution in [0.4, 0.5) is 15.3 Å². The highest BCUT2D eigenvalue weighted by atomic mass is 32.2. The Morgan fingerprint density at radius 1 is 1.10 bits per heavy atom. The lowest BCUT2D eigenvalue weighted by atomic mass is 9.88. The van der Waals surface area contributed by atoms with Gasteiger partial charge in [-0.1, -0.05) is 12.1 Å². The molecule has 1 aliphatic rings. The van der Waals surface area contributed by atoms with E-state index in [2.05, 4.69) is 25.3 Å². The van der Waals surface area contributed by atoms with Gasteiger partial charge < -0.3 is 21.1 Å². The standard InChI is InChI=1S/C28H36N6O5S2/c1-17(22-7-5-6-14-30-22)32-27(36)33-19-10-13-21(24(15-19)41(37,38)34-28(2,3)4)23-16-31-25(40-23)18-8-11-20(12-9-18)39-26(29)35/h5-7,10,13-18,20,34H,8-9,11-12H2,1-4H3,(H2,29,35)(H2,32,33,36)/t17-,18?,20?/m0/s1. The Labute approximate surface area is 244 Å². The van der Waals surface area contributed by atoms with Crippen molar-refractivity contribution in [2.45, 2.75) is 81.9 Å². The number of carbonyl (C=O) groups excluding carboxylic acids is 2. The largest absolute Gasteiger partial charge is 0.446 e. The fraction of sp³-hybridized carbons (Fsp3) is 0.429. The Kier molecular flexibility index (Phi) is 9.30. The van der Waals surface area contributed by atoms with Crippen LogP contribution >= 0.6 is 11.3 Å². The molecule has 220 valence electrons. The summed E-state index contributed by atoms with van der Waals surface area (Å²) in [4.78, 5) is 33.4. The zero-order chi connectivity index (χ0) is 29.8. The smallest absolute Gasteiger partial charge is 0.404 e. The fourth-order valence-corrected chi connectivity index (χ4v) is 7.60. The molecule has 5 N–H and O–H groups in total. The van der Waals surface area contributed by atoms with Crippen molar-refractivity contribution in [2.24, 2.45) is 5.73 Å². The third-order valence-electron chi connectivity index (χ3n) is 6.54. The lowest BCUT2D eigenvalue weighted by Crippen LogP contribution is -2.40. The molecular weight excluding hydrogens is 564 g/mol. The number of nitrogens with two attached hydrogens (primary N) is 1. The van der Waals surface area contributed by atoms with E-state index in [1.165, 1.54) is 17.4 Å². The van der Waals surface area contributed by atoms with Gasteiger partial charge in [-0.15, -0.1) is 11.3 Å². The molecule has 1 aromatic carbocycles. The van der Waals surface area contributed by atoms with Gasteiger partial charge in [-0.2, -0.15) is 0 Å². The molecule has 3 amide bonds. The second kappa shape index (κ2) is 12.5. The minimum atomic E-state index is -3.97. The van der Waals surface area contributed by atoms with Gasteiger partial charge in [0.2, 0.25) is 10.0 Å². The average Bonchev–Trinajstić information content (AvgIpc) is 3.38. The topological polar surface area (TPSA) is 165 Å². The Bertz CT molecular complexity index is 1480. The van der Waals surface area contributed by atoms with E-state index in [9.17, 15) is 18.0 Å². The van der Waals surface area contributed by atoms with Crippen LogP contribution in [-0.4, -0.2) is 42.2 Å². The third-order valence-corrected chi connectivity index (χ3v) is 9.53. The van der Waals surface area contributed by atoms with E-state index >= 15 is 0 Å². The molecule has 0 radical (unpaired) electrons. The van der Waals surface area contributed by atoms with Crippen molar-refractivity contribution in [3.05, 3.63) is 59.5 Å². The number of hydrogen-bond acceptors (Lipinski definition) is 8. The molecule has 1 saturated carbocycles. The number of primary amides is 1. The third kappa shape index (κ3) is 8.24. The predicted molar refractivity (Wildman–Crippen MR) is 158 cm³/mol. The number of pyridine rings is 1. The number of carbonyl (C=O) groups is 2. The molecule has 0 unspecified atom stereocenters. The number of ether oxygens (including phenoxy) is 1. The Hall–Kier alpha value is -3.55. The average molecular weight is 601 g/mol. The Balaban J connectivity index is 1.57. The summed E-state index contributed by atoms with van der Waals surface area (Å²) in [5.74, 6) is 0.181. The van der Waals surface area contributed by atoms with Crippen molar-refractivity contribution in [1.29, 1.82) is 0 Å². The lowest BCUT2D eigenvalue weighted by Gasteiger charge is -2.26. The first kappa shape index (κ1) is 30.4. The number of aromatic nitrogens is 2.